The highest BCUT2D eigenvalue weighted by Crippen LogP contribution is 2.27. The number of halogens is 1. The number of aliphatic carboxylic acids is 5. The minimum Gasteiger partial charge on any atom is -0.481 e. The Morgan fingerprint density at radius 3 is 1.61 bits per heavy atom. The zero-order chi connectivity index (χ0) is 108. The fraction of sp³-hybridized carbons (Fsp3) is 0.596. The van der Waals surface area contributed by atoms with Crippen molar-refractivity contribution >= 4 is 164 Å². The Balaban J connectivity index is 0.949. The maximum Gasteiger partial charge on any atom is 0.317 e. The number of aromatic nitrogens is 2. The van der Waals surface area contributed by atoms with Gasteiger partial charge in [0.15, 0.2) is 0 Å². The molecule has 48 heteroatoms. The molecule has 2 bridgehead atoms. The first-order chi connectivity index (χ1) is 69.9. The van der Waals surface area contributed by atoms with Crippen LogP contribution >= 0.6 is 35.1 Å². The Hall–Kier alpha value is -12.1. The topological polar surface area (TPSA) is 628 Å². The molecule has 1 saturated heterocycles. The molecule has 4 heterocycles. The number of para-hydroxylation sites is 1. The van der Waals surface area contributed by atoms with Crippen LogP contribution in [0.5, 0.6) is 0 Å². The lowest BCUT2D eigenvalue weighted by atomic mass is 9.96. The van der Waals surface area contributed by atoms with Crippen LogP contribution in [0, 0.1) is 17.8 Å². The summed E-state index contributed by atoms with van der Waals surface area (Å²) in [6.45, 7) is 16.3. The average molecular weight is 2120 g/mol. The second-order valence-electron chi connectivity index (χ2n) is 38.0. The van der Waals surface area contributed by atoms with Crippen molar-refractivity contribution in [1.29, 1.82) is 0 Å². The van der Waals surface area contributed by atoms with Crippen molar-refractivity contribution in [3.8, 4) is 0 Å². The Morgan fingerprint density at radius 2 is 1.03 bits per heavy atom. The molecule has 13 amide bonds. The van der Waals surface area contributed by atoms with Crippen LogP contribution in [-0.4, -0.2) is 383 Å². The maximum atomic E-state index is 15.3. The van der Waals surface area contributed by atoms with Gasteiger partial charge in [0.05, 0.1) is 65.6 Å². The summed E-state index contributed by atoms with van der Waals surface area (Å²) in [7, 11) is 1.21. The molecule has 7 rings (SSSR count). The van der Waals surface area contributed by atoms with Crippen LogP contribution in [-0.2, 0) is 125 Å². The van der Waals surface area contributed by atoms with Gasteiger partial charge in [-0.3, -0.25) is 106 Å². The van der Waals surface area contributed by atoms with E-state index in [4.69, 9.17) is 25.8 Å². The number of fused-ring (bicyclic) bond motifs is 4. The van der Waals surface area contributed by atoms with Crippen molar-refractivity contribution in [1.82, 2.24) is 98.3 Å². The van der Waals surface area contributed by atoms with Gasteiger partial charge in [-0.25, -0.2) is 0 Å². The van der Waals surface area contributed by atoms with Gasteiger partial charge in [0.25, 0.3) is 0 Å². The first kappa shape index (κ1) is 122. The number of thioether (sulfide) groups is 2. The standard InChI is InChI=1S/C99H146ClN19O26S2/c1-10-63(6)89-96(140)103-28-43-146-58-64-16-13-17-65(46-64)59-147-60-79(95(139)114-99(7,8)98(142)112-75(45-62(4)5)94(138)113-89)111-91(135)74(44-61(2)3)108-90(134)73(22-25-84(124)125)106-83(123)53-115(9)97(141)78(48-67-52-105-72-21-20-68(100)49-70(67)72)110-92(136)76(47-66-51-104-71-19-12-11-18-69(66)71)109-93(137)77(50-85(126)127)107-81(121)24-23-80(120)101-26-14-37-143-39-41-145-42-40-144-38-15-27-102-82(122)54-116-29-31-117(55-86(128)129)33-35-119(57-88(132)133)36-34-118(32-30-116)56-87(130)131/h11-13,16-21,46,49,51-52,61-63,73-79,89,104-105H,10,14-15,22-45,47-48,50,53-60H2,1-9H3,(H,101,120)(H,102,122)(H,103,140)(H,106,123)(H,107,121)(H,108,134)(H,109,137)(H,110,136)(H,111,135)(H,112,142)(H,113,138)(H,114,139)(H,124,125)(H,126,127)(H,128,129)(H,130,131)(H,132,133)/t63-,73-,74+,75-,76-,77-,78-,79-,89-/m0/s1. The number of carbonyl (C=O) groups excluding carboxylic acids is 13. The van der Waals surface area contributed by atoms with E-state index in [2.05, 4.69) is 73.8 Å². The van der Waals surface area contributed by atoms with Gasteiger partial charge < -0.3 is 118 Å². The minimum atomic E-state index is -1.84. The van der Waals surface area contributed by atoms with Gasteiger partial charge in [0.1, 0.15) is 53.9 Å². The largest absolute Gasteiger partial charge is 0.481 e. The Morgan fingerprint density at radius 1 is 0.517 bits per heavy atom. The van der Waals surface area contributed by atoms with Crippen LogP contribution in [0.15, 0.2) is 79.1 Å². The van der Waals surface area contributed by atoms with Crippen molar-refractivity contribution in [2.45, 2.75) is 198 Å². The van der Waals surface area contributed by atoms with Gasteiger partial charge in [-0.15, -0.1) is 0 Å². The third kappa shape index (κ3) is 45.3. The van der Waals surface area contributed by atoms with Gasteiger partial charge in [0.2, 0.25) is 76.8 Å². The summed E-state index contributed by atoms with van der Waals surface area (Å²) in [5.41, 5.74) is 2.19. The van der Waals surface area contributed by atoms with Gasteiger partial charge in [-0.05, 0) is 110 Å². The molecule has 2 aromatic heterocycles. The molecule has 0 spiro atoms. The molecule has 5 aromatic rings. The van der Waals surface area contributed by atoms with E-state index in [1.165, 1.54) is 32.7 Å². The Labute approximate surface area is 868 Å². The number of carbonyl (C=O) groups is 18. The molecule has 2 aliphatic rings. The van der Waals surface area contributed by atoms with E-state index < -0.39 is 187 Å². The number of hydrogen-bond acceptors (Lipinski definition) is 27. The van der Waals surface area contributed by atoms with E-state index in [1.807, 2.05) is 56.9 Å². The van der Waals surface area contributed by atoms with E-state index in [9.17, 15) is 102 Å². The fourth-order valence-corrected chi connectivity index (χ4v) is 18.2. The van der Waals surface area contributed by atoms with Crippen LogP contribution in [0.4, 0.5) is 0 Å². The number of nitrogens with zero attached hydrogens (tertiary/aromatic N) is 5. The summed E-state index contributed by atoms with van der Waals surface area (Å²) < 4.78 is 16.9. The lowest BCUT2D eigenvalue weighted by molar-refractivity contribution is -0.142. The molecule has 2 aliphatic heterocycles. The van der Waals surface area contributed by atoms with Crippen molar-refractivity contribution in [3.05, 3.63) is 106 Å². The summed E-state index contributed by atoms with van der Waals surface area (Å²) in [4.78, 5) is 260. The Kier molecular flexibility index (Phi) is 52.7. The number of benzene rings is 3. The number of aromatic amines is 2. The van der Waals surface area contributed by atoms with Crippen LogP contribution in [0.3, 0.4) is 0 Å². The van der Waals surface area contributed by atoms with E-state index in [-0.39, 0.29) is 166 Å². The van der Waals surface area contributed by atoms with Crippen molar-refractivity contribution < 1.29 is 126 Å². The number of carboxylic acid groups (broad SMARTS) is 5. The second kappa shape index (κ2) is 63.6. The van der Waals surface area contributed by atoms with E-state index >= 15 is 9.59 Å². The number of ether oxygens (including phenoxy) is 3. The minimum absolute atomic E-state index is 0.0322. The summed E-state index contributed by atoms with van der Waals surface area (Å²) >= 11 is 9.38. The lowest BCUT2D eigenvalue weighted by Crippen LogP contribution is -2.63. The summed E-state index contributed by atoms with van der Waals surface area (Å²) in [6, 6.07) is 7.82. The fourth-order valence-electron chi connectivity index (χ4n) is 16.2. The molecule has 19 N–H and O–H groups in total. The Bertz CT molecular complexity index is 5210. The number of hydrogen-bond donors (Lipinski definition) is 19. The second-order valence-corrected chi connectivity index (χ2v) is 40.5. The SMILES string of the molecule is CC[C@H](C)[C@@H]1NC(=O)[C@H](CC(C)C)NC(=O)C(C)(C)NC(=O)[C@@H](NC(=O)[C@@H](CC(C)C)NC(=O)[C@H](CCC(=O)O)NC(=O)CN(C)C(=O)[C@H](Cc2c[nH]c3ccc(Cl)cc23)NC(=O)[C@H](Cc2c[nH]c3ccccc23)NC(=O)[C@H](CC(=O)O)NC(=O)CCC(=O)NCCCOCCOCCOCCCNC(=O)CN2CCN(CC(=O)O)CCN(CC(=O)O)CCN(CC(=O)O)CC2)CSCc2cccc(c2)CSCCNC1=O. The van der Waals surface area contributed by atoms with Crippen molar-refractivity contribution in [2.24, 2.45) is 17.8 Å². The number of rotatable bonds is 53. The van der Waals surface area contributed by atoms with Crippen LogP contribution < -0.4 is 63.8 Å². The molecule has 9 atom stereocenters. The molecule has 3 aromatic carbocycles. The van der Waals surface area contributed by atoms with Crippen LogP contribution in [0.1, 0.15) is 142 Å². The van der Waals surface area contributed by atoms with Crippen LogP contribution in [0.25, 0.3) is 21.8 Å². The molecule has 0 aliphatic carbocycles. The van der Waals surface area contributed by atoms with Crippen LogP contribution in [0.2, 0.25) is 5.02 Å². The van der Waals surface area contributed by atoms with E-state index in [1.54, 1.807) is 95.2 Å². The maximum absolute atomic E-state index is 15.3. The van der Waals surface area contributed by atoms with Gasteiger partial charge in [-0.2, -0.15) is 23.5 Å². The quantitative estimate of drug-likeness (QED) is 0.0245. The summed E-state index contributed by atoms with van der Waals surface area (Å²) in [5, 5.41) is 82.7. The number of H-pyrrole nitrogens is 2. The van der Waals surface area contributed by atoms with Crippen molar-refractivity contribution in [2.75, 3.05) is 163 Å². The highest BCUT2D eigenvalue weighted by Gasteiger charge is 2.41. The zero-order valence-corrected chi connectivity index (χ0v) is 87.4. The smallest absolute Gasteiger partial charge is 0.317 e. The number of amides is 13. The molecule has 0 saturated carbocycles. The van der Waals surface area contributed by atoms with E-state index in [0.29, 0.717) is 107 Å². The van der Waals surface area contributed by atoms with Crippen molar-refractivity contribution in [3.63, 3.8) is 0 Å². The number of nitrogens with one attached hydrogen (secondary N) is 14. The highest BCUT2D eigenvalue weighted by atomic mass is 35.5. The third-order valence-corrected chi connectivity index (χ3v) is 26.7. The molecule has 45 nitrogen and oxygen atoms in total. The third-order valence-electron chi connectivity index (χ3n) is 24.3. The lowest BCUT2D eigenvalue weighted by Gasteiger charge is -2.32. The average Bonchev–Trinajstić information content (AvgIpc) is 1.66. The number of likely N-dealkylation sites (N-methyl/N-ethyl adjacent to an activating group) is 1. The summed E-state index contributed by atoms with van der Waals surface area (Å²) in [6.07, 6.45) is 0.823. The molecule has 812 valence electrons. The van der Waals surface area contributed by atoms with Gasteiger partial charge in [0, 0.05) is 187 Å². The predicted molar refractivity (Wildman–Crippen MR) is 549 cm³/mol. The predicted octanol–water partition coefficient (Wildman–Crippen LogP) is 1.41. The highest BCUT2D eigenvalue weighted by molar-refractivity contribution is 7.98. The molecular formula is C99H146ClN19O26S2. The molecular weight excluding hydrogens is 1970 g/mol. The molecule has 147 heavy (non-hydrogen) atoms. The zero-order valence-electron chi connectivity index (χ0n) is 85.0. The molecule has 0 radical (unpaired) electrons. The monoisotopic (exact) mass is 2120 g/mol. The van der Waals surface area contributed by atoms with Gasteiger partial charge in [-0.1, -0.05) is 102 Å². The first-order valence-electron chi connectivity index (χ1n) is 49.5. The first-order valence-corrected chi connectivity index (χ1v) is 52.2. The van der Waals surface area contributed by atoms with Gasteiger partial charge >= 0.3 is 29.8 Å². The molecule has 1 fully saturated rings. The number of carboxylic acids is 5. The summed E-state index contributed by atoms with van der Waals surface area (Å²) in [5.74, 6) is -15.8. The normalized spacial score (nSPS) is 17.8. The van der Waals surface area contributed by atoms with E-state index in [0.717, 1.165) is 16.0 Å². The molecule has 0 unspecified atom stereocenters.